The molecule has 136 valence electrons. The zero-order valence-electron chi connectivity index (χ0n) is 14.8. The molecule has 0 aliphatic carbocycles. The van der Waals surface area contributed by atoms with E-state index in [1.54, 1.807) is 4.90 Å². The smallest absolute Gasteiger partial charge is 0.237 e. The molecule has 0 radical (unpaired) electrons. The zero-order chi connectivity index (χ0) is 17.8. The molecule has 0 saturated carbocycles. The van der Waals surface area contributed by atoms with Crippen LogP contribution in [0.3, 0.4) is 0 Å². The minimum absolute atomic E-state index is 0.0216. The number of fused-ring (bicyclic) bond motifs is 1. The van der Waals surface area contributed by atoms with Crippen LogP contribution in [0.25, 0.3) is 0 Å². The minimum Gasteiger partial charge on any atom is -0.376 e. The number of aromatic nitrogens is 1. The van der Waals surface area contributed by atoms with Crippen molar-refractivity contribution in [3.63, 3.8) is 0 Å². The predicted molar refractivity (Wildman–Crippen MR) is 98.0 cm³/mol. The largest absolute Gasteiger partial charge is 0.376 e. The van der Waals surface area contributed by atoms with E-state index >= 15 is 0 Å². The number of rotatable bonds is 6. The third kappa shape index (κ3) is 4.52. The highest BCUT2D eigenvalue weighted by atomic mass is 32.2. The normalized spacial score (nSPS) is 19.8. The molecule has 0 unspecified atom stereocenters. The summed E-state index contributed by atoms with van der Waals surface area (Å²) >= 11 is 1.50. The Hall–Kier alpha value is -1.60. The summed E-state index contributed by atoms with van der Waals surface area (Å²) in [6.45, 7) is 5.90. The van der Waals surface area contributed by atoms with Gasteiger partial charge in [-0.2, -0.15) is 0 Å². The van der Waals surface area contributed by atoms with E-state index in [1.165, 1.54) is 11.8 Å². The standard InChI is InChI=1S/C18H25N3O3S/c1-12-9-13(2)20-18-17(12)21(16(23)11-25-18)7-3-6-15(22)19-10-14-5-4-8-24-14/h9,14H,3-8,10-11H2,1-2H3,(H,19,22)/t14-/m1/s1. The highest BCUT2D eigenvalue weighted by Crippen LogP contribution is 2.36. The summed E-state index contributed by atoms with van der Waals surface area (Å²) in [5.74, 6) is 0.521. The van der Waals surface area contributed by atoms with Gasteiger partial charge in [-0.25, -0.2) is 4.98 Å². The van der Waals surface area contributed by atoms with Crippen LogP contribution in [0.15, 0.2) is 11.1 Å². The summed E-state index contributed by atoms with van der Waals surface area (Å²) < 4.78 is 5.50. The van der Waals surface area contributed by atoms with Gasteiger partial charge >= 0.3 is 0 Å². The molecule has 3 rings (SSSR count). The minimum atomic E-state index is 0.0216. The van der Waals surface area contributed by atoms with Crippen LogP contribution in [-0.2, 0) is 14.3 Å². The van der Waals surface area contributed by atoms with Gasteiger partial charge in [-0.15, -0.1) is 0 Å². The number of nitrogens with zero attached hydrogens (tertiary/aromatic N) is 2. The molecule has 1 fully saturated rings. The van der Waals surface area contributed by atoms with E-state index in [2.05, 4.69) is 10.3 Å². The Kier molecular flexibility index (Phi) is 5.96. The summed E-state index contributed by atoms with van der Waals surface area (Å²) in [6, 6.07) is 2.00. The van der Waals surface area contributed by atoms with Crippen LogP contribution in [0.5, 0.6) is 0 Å². The Morgan fingerprint density at radius 1 is 1.48 bits per heavy atom. The van der Waals surface area contributed by atoms with Crippen LogP contribution in [0.1, 0.15) is 36.9 Å². The van der Waals surface area contributed by atoms with Gasteiger partial charge < -0.3 is 15.0 Å². The Morgan fingerprint density at radius 3 is 3.08 bits per heavy atom. The van der Waals surface area contributed by atoms with E-state index in [1.807, 2.05) is 19.9 Å². The van der Waals surface area contributed by atoms with Crippen molar-refractivity contribution >= 4 is 29.3 Å². The molecule has 2 aliphatic heterocycles. The van der Waals surface area contributed by atoms with E-state index in [4.69, 9.17) is 4.74 Å². The second kappa shape index (κ2) is 8.19. The van der Waals surface area contributed by atoms with E-state index in [9.17, 15) is 9.59 Å². The number of anilines is 1. The van der Waals surface area contributed by atoms with Gasteiger partial charge in [0.25, 0.3) is 0 Å². The lowest BCUT2D eigenvalue weighted by molar-refractivity contribution is -0.122. The first kappa shape index (κ1) is 18.2. The van der Waals surface area contributed by atoms with Gasteiger partial charge in [0.2, 0.25) is 11.8 Å². The average molecular weight is 363 g/mol. The number of carbonyl (C=O) groups is 2. The number of aryl methyl sites for hydroxylation is 2. The van der Waals surface area contributed by atoms with Crippen LogP contribution in [-0.4, -0.2) is 48.4 Å². The maximum Gasteiger partial charge on any atom is 0.237 e. The van der Waals surface area contributed by atoms with Crippen LogP contribution in [0.2, 0.25) is 0 Å². The zero-order valence-corrected chi connectivity index (χ0v) is 15.7. The third-order valence-corrected chi connectivity index (χ3v) is 5.47. The van der Waals surface area contributed by atoms with Gasteiger partial charge in [0.1, 0.15) is 5.03 Å². The summed E-state index contributed by atoms with van der Waals surface area (Å²) in [4.78, 5) is 30.7. The fraction of sp³-hybridized carbons (Fsp3) is 0.611. The van der Waals surface area contributed by atoms with Crippen molar-refractivity contribution in [1.82, 2.24) is 10.3 Å². The number of hydrogen-bond acceptors (Lipinski definition) is 5. The lowest BCUT2D eigenvalue weighted by Gasteiger charge is -2.30. The van der Waals surface area contributed by atoms with Gasteiger partial charge in [-0.05, 0) is 44.7 Å². The van der Waals surface area contributed by atoms with Crippen LogP contribution in [0.4, 0.5) is 5.69 Å². The fourth-order valence-corrected chi connectivity index (χ4v) is 4.35. The number of nitrogens with one attached hydrogen (secondary N) is 1. The van der Waals surface area contributed by atoms with Crippen LogP contribution < -0.4 is 10.2 Å². The van der Waals surface area contributed by atoms with Crippen molar-refractivity contribution in [3.05, 3.63) is 17.3 Å². The summed E-state index contributed by atoms with van der Waals surface area (Å²) in [6.07, 6.45) is 3.30. The number of ether oxygens (including phenoxy) is 1. The fourth-order valence-electron chi connectivity index (χ4n) is 3.31. The Bertz CT molecular complexity index is 659. The summed E-state index contributed by atoms with van der Waals surface area (Å²) in [5, 5.41) is 3.84. The molecule has 0 spiro atoms. The van der Waals surface area contributed by atoms with E-state index in [0.29, 0.717) is 31.7 Å². The quantitative estimate of drug-likeness (QED) is 0.839. The molecule has 1 aromatic heterocycles. The van der Waals surface area contributed by atoms with Crippen molar-refractivity contribution in [2.75, 3.05) is 30.3 Å². The van der Waals surface area contributed by atoms with Gasteiger partial charge in [0.15, 0.2) is 0 Å². The first-order valence-corrected chi connectivity index (χ1v) is 9.83. The summed E-state index contributed by atoms with van der Waals surface area (Å²) in [5.41, 5.74) is 2.93. The van der Waals surface area contributed by atoms with E-state index in [0.717, 1.165) is 41.4 Å². The molecule has 7 heteroatoms. The highest BCUT2D eigenvalue weighted by molar-refractivity contribution is 8.00. The molecule has 2 amide bonds. The molecule has 3 heterocycles. The number of carbonyl (C=O) groups excluding carboxylic acids is 2. The number of pyridine rings is 1. The SMILES string of the molecule is Cc1cc(C)c2c(n1)SCC(=O)N2CCCC(=O)NC[C@H]1CCCO1. The molecule has 1 atom stereocenters. The Labute approximate surface area is 152 Å². The topological polar surface area (TPSA) is 71.5 Å². The van der Waals surface area contributed by atoms with E-state index in [-0.39, 0.29) is 17.9 Å². The monoisotopic (exact) mass is 363 g/mol. The second-order valence-corrected chi connectivity index (χ2v) is 7.58. The molecule has 1 saturated heterocycles. The number of thioether (sulfide) groups is 1. The lowest BCUT2D eigenvalue weighted by atomic mass is 10.1. The van der Waals surface area contributed by atoms with Crippen molar-refractivity contribution in [1.29, 1.82) is 0 Å². The van der Waals surface area contributed by atoms with Gasteiger partial charge in [0, 0.05) is 31.8 Å². The molecule has 0 aromatic carbocycles. The maximum absolute atomic E-state index is 12.3. The molecule has 1 aromatic rings. The van der Waals surface area contributed by atoms with E-state index < -0.39 is 0 Å². The Balaban J connectivity index is 1.52. The lowest BCUT2D eigenvalue weighted by Crippen LogP contribution is -2.38. The van der Waals surface area contributed by atoms with Gasteiger partial charge in [0.05, 0.1) is 17.5 Å². The van der Waals surface area contributed by atoms with Crippen molar-refractivity contribution in [2.24, 2.45) is 0 Å². The molecule has 0 bridgehead atoms. The maximum atomic E-state index is 12.3. The first-order valence-electron chi connectivity index (χ1n) is 8.84. The van der Waals surface area contributed by atoms with Crippen molar-refractivity contribution in [3.8, 4) is 0 Å². The van der Waals surface area contributed by atoms with Crippen molar-refractivity contribution < 1.29 is 14.3 Å². The molecule has 2 aliphatic rings. The third-order valence-electron chi connectivity index (χ3n) is 4.52. The average Bonchev–Trinajstić information content (AvgIpc) is 3.08. The second-order valence-electron chi connectivity index (χ2n) is 6.61. The highest BCUT2D eigenvalue weighted by Gasteiger charge is 2.27. The Morgan fingerprint density at radius 2 is 2.32 bits per heavy atom. The molecule has 1 N–H and O–H groups in total. The van der Waals surface area contributed by atoms with Crippen molar-refractivity contribution in [2.45, 2.75) is 50.7 Å². The number of amides is 2. The van der Waals surface area contributed by atoms with Crippen LogP contribution in [0, 0.1) is 13.8 Å². The molecule has 25 heavy (non-hydrogen) atoms. The first-order chi connectivity index (χ1) is 12.0. The summed E-state index contributed by atoms with van der Waals surface area (Å²) in [7, 11) is 0. The van der Waals surface area contributed by atoms with Crippen LogP contribution >= 0.6 is 11.8 Å². The molecule has 6 nitrogen and oxygen atoms in total. The predicted octanol–water partition coefficient (Wildman–Crippen LogP) is 2.21. The van der Waals surface area contributed by atoms with Gasteiger partial charge in [-0.1, -0.05) is 11.8 Å². The number of hydrogen-bond donors (Lipinski definition) is 1. The van der Waals surface area contributed by atoms with Gasteiger partial charge in [-0.3, -0.25) is 9.59 Å². The molecular weight excluding hydrogens is 338 g/mol. The molecular formula is C18H25N3O3S.